The largest absolute Gasteiger partial charge is 0.450 e. The van der Waals surface area contributed by atoms with Crippen molar-refractivity contribution >= 4 is 6.09 Å². The molecule has 0 heterocycles. The lowest BCUT2D eigenvalue weighted by molar-refractivity contribution is 0.132. The first kappa shape index (κ1) is 11.3. The number of rotatable bonds is 2. The standard InChI is InChI=1S/C11H21NO2/c1-4-14-11(13)12-10-7-5-6-8(2)9(10)3/h8-10H,4-7H2,1-3H3,(H,12,13). The molecule has 3 nitrogen and oxygen atoms in total. The third-order valence-electron chi connectivity index (χ3n) is 3.29. The highest BCUT2D eigenvalue weighted by Gasteiger charge is 2.28. The van der Waals surface area contributed by atoms with Crippen molar-refractivity contribution < 1.29 is 9.53 Å². The topological polar surface area (TPSA) is 38.3 Å². The maximum atomic E-state index is 11.2. The lowest BCUT2D eigenvalue weighted by Crippen LogP contribution is -2.43. The Morgan fingerprint density at radius 2 is 2.14 bits per heavy atom. The lowest BCUT2D eigenvalue weighted by atomic mass is 9.78. The van der Waals surface area contributed by atoms with Crippen molar-refractivity contribution in [3.8, 4) is 0 Å². The van der Waals surface area contributed by atoms with Gasteiger partial charge in [0.15, 0.2) is 0 Å². The van der Waals surface area contributed by atoms with Gasteiger partial charge in [0.2, 0.25) is 0 Å². The molecule has 1 rings (SSSR count). The van der Waals surface area contributed by atoms with Crippen LogP contribution in [0.15, 0.2) is 0 Å². The average Bonchev–Trinajstić information content (AvgIpc) is 2.13. The Bertz CT molecular complexity index is 194. The molecule has 3 heteroatoms. The molecule has 0 saturated heterocycles. The van der Waals surface area contributed by atoms with E-state index in [1.807, 2.05) is 6.92 Å². The molecule has 0 aliphatic heterocycles. The van der Waals surface area contributed by atoms with Crippen LogP contribution in [0.3, 0.4) is 0 Å². The van der Waals surface area contributed by atoms with Gasteiger partial charge < -0.3 is 10.1 Å². The van der Waals surface area contributed by atoms with E-state index in [-0.39, 0.29) is 6.09 Å². The summed E-state index contributed by atoms with van der Waals surface area (Å²) < 4.78 is 4.88. The quantitative estimate of drug-likeness (QED) is 0.742. The number of carbonyl (C=O) groups is 1. The van der Waals surface area contributed by atoms with Gasteiger partial charge in [0.1, 0.15) is 0 Å². The van der Waals surface area contributed by atoms with Crippen molar-refractivity contribution in [2.24, 2.45) is 11.8 Å². The Morgan fingerprint density at radius 3 is 2.79 bits per heavy atom. The Labute approximate surface area is 86.2 Å². The summed E-state index contributed by atoms with van der Waals surface area (Å²) in [5, 5.41) is 2.94. The summed E-state index contributed by atoms with van der Waals surface area (Å²) in [6.45, 7) is 6.74. The monoisotopic (exact) mass is 199 g/mol. The van der Waals surface area contributed by atoms with E-state index in [1.165, 1.54) is 12.8 Å². The number of nitrogens with one attached hydrogen (secondary N) is 1. The van der Waals surface area contributed by atoms with Gasteiger partial charge in [0, 0.05) is 6.04 Å². The van der Waals surface area contributed by atoms with Crippen LogP contribution in [-0.2, 0) is 4.74 Å². The first-order valence-corrected chi connectivity index (χ1v) is 5.58. The minimum absolute atomic E-state index is 0.265. The summed E-state index contributed by atoms with van der Waals surface area (Å²) in [5.74, 6) is 1.27. The maximum Gasteiger partial charge on any atom is 0.407 e. The lowest BCUT2D eigenvalue weighted by Gasteiger charge is -2.34. The predicted molar refractivity (Wildman–Crippen MR) is 56.1 cm³/mol. The molecule has 1 amide bonds. The molecular weight excluding hydrogens is 178 g/mol. The van der Waals surface area contributed by atoms with Gasteiger partial charge in [0.05, 0.1) is 6.61 Å². The van der Waals surface area contributed by atoms with E-state index in [9.17, 15) is 4.79 Å². The van der Waals surface area contributed by atoms with E-state index < -0.39 is 0 Å². The van der Waals surface area contributed by atoms with Crippen LogP contribution in [0, 0.1) is 11.8 Å². The fourth-order valence-electron chi connectivity index (χ4n) is 2.11. The fraction of sp³-hybridized carbons (Fsp3) is 0.909. The number of amides is 1. The van der Waals surface area contributed by atoms with Crippen LogP contribution in [-0.4, -0.2) is 18.7 Å². The third kappa shape index (κ3) is 2.89. The molecule has 14 heavy (non-hydrogen) atoms. The normalized spacial score (nSPS) is 32.4. The molecule has 3 atom stereocenters. The summed E-state index contributed by atoms with van der Waals surface area (Å²) in [6.07, 6.45) is 3.31. The van der Waals surface area contributed by atoms with Gasteiger partial charge >= 0.3 is 6.09 Å². The second kappa shape index (κ2) is 5.23. The third-order valence-corrected chi connectivity index (χ3v) is 3.29. The smallest absolute Gasteiger partial charge is 0.407 e. The van der Waals surface area contributed by atoms with Gasteiger partial charge in [0.25, 0.3) is 0 Å². The number of hydrogen-bond acceptors (Lipinski definition) is 2. The van der Waals surface area contributed by atoms with Gasteiger partial charge in [-0.05, 0) is 25.2 Å². The van der Waals surface area contributed by atoms with Gasteiger partial charge in [-0.3, -0.25) is 0 Å². The summed E-state index contributed by atoms with van der Waals surface area (Å²) in [6, 6.07) is 0.304. The SMILES string of the molecule is CCOC(=O)NC1CCCC(C)C1C. The van der Waals surface area contributed by atoms with Crippen LogP contribution in [0.2, 0.25) is 0 Å². The molecule has 0 aromatic heterocycles. The summed E-state index contributed by atoms with van der Waals surface area (Å²) in [5.41, 5.74) is 0. The molecule has 1 aliphatic carbocycles. The predicted octanol–water partition coefficient (Wildman–Crippen LogP) is 2.56. The Morgan fingerprint density at radius 1 is 1.43 bits per heavy atom. The summed E-state index contributed by atoms with van der Waals surface area (Å²) >= 11 is 0. The average molecular weight is 199 g/mol. The highest BCUT2D eigenvalue weighted by Crippen LogP contribution is 2.29. The van der Waals surface area contributed by atoms with Crippen molar-refractivity contribution in [3.63, 3.8) is 0 Å². The number of ether oxygens (including phenoxy) is 1. The van der Waals surface area contributed by atoms with Gasteiger partial charge in [-0.25, -0.2) is 4.79 Å². The van der Waals surface area contributed by atoms with E-state index in [0.29, 0.717) is 24.5 Å². The van der Waals surface area contributed by atoms with Crippen molar-refractivity contribution in [2.45, 2.75) is 46.1 Å². The van der Waals surface area contributed by atoms with Crippen molar-refractivity contribution in [1.29, 1.82) is 0 Å². The van der Waals surface area contributed by atoms with Gasteiger partial charge in [-0.1, -0.05) is 26.7 Å². The van der Waals surface area contributed by atoms with E-state index >= 15 is 0 Å². The zero-order valence-corrected chi connectivity index (χ0v) is 9.38. The Balaban J connectivity index is 2.39. The van der Waals surface area contributed by atoms with Gasteiger partial charge in [-0.2, -0.15) is 0 Å². The molecular formula is C11H21NO2. The van der Waals surface area contributed by atoms with E-state index in [0.717, 1.165) is 6.42 Å². The highest BCUT2D eigenvalue weighted by atomic mass is 16.5. The Hall–Kier alpha value is -0.730. The Kier molecular flexibility index (Phi) is 4.23. The zero-order chi connectivity index (χ0) is 10.6. The first-order chi connectivity index (χ1) is 6.65. The minimum Gasteiger partial charge on any atom is -0.450 e. The van der Waals surface area contributed by atoms with Crippen LogP contribution in [0.1, 0.15) is 40.0 Å². The molecule has 82 valence electrons. The molecule has 1 N–H and O–H groups in total. The molecule has 1 fully saturated rings. The van der Waals surface area contributed by atoms with Gasteiger partial charge in [-0.15, -0.1) is 0 Å². The first-order valence-electron chi connectivity index (χ1n) is 5.58. The van der Waals surface area contributed by atoms with Crippen LogP contribution >= 0.6 is 0 Å². The second-order valence-corrected chi connectivity index (χ2v) is 4.24. The molecule has 0 radical (unpaired) electrons. The van der Waals surface area contributed by atoms with Crippen molar-refractivity contribution in [1.82, 2.24) is 5.32 Å². The molecule has 3 unspecified atom stereocenters. The van der Waals surface area contributed by atoms with E-state index in [1.54, 1.807) is 0 Å². The number of hydrogen-bond donors (Lipinski definition) is 1. The zero-order valence-electron chi connectivity index (χ0n) is 9.38. The molecule has 0 spiro atoms. The summed E-state index contributed by atoms with van der Waals surface area (Å²) in [4.78, 5) is 11.2. The second-order valence-electron chi connectivity index (χ2n) is 4.24. The molecule has 0 aromatic rings. The number of alkyl carbamates (subject to hydrolysis) is 1. The highest BCUT2D eigenvalue weighted by molar-refractivity contribution is 5.67. The van der Waals surface area contributed by atoms with Crippen LogP contribution in [0.5, 0.6) is 0 Å². The maximum absolute atomic E-state index is 11.2. The van der Waals surface area contributed by atoms with Crippen LogP contribution in [0.4, 0.5) is 4.79 Å². The van der Waals surface area contributed by atoms with Crippen molar-refractivity contribution in [2.75, 3.05) is 6.61 Å². The van der Waals surface area contributed by atoms with Crippen LogP contribution in [0.25, 0.3) is 0 Å². The van der Waals surface area contributed by atoms with Crippen LogP contribution < -0.4 is 5.32 Å². The molecule has 1 aliphatic rings. The van der Waals surface area contributed by atoms with E-state index in [4.69, 9.17) is 4.74 Å². The molecule has 0 bridgehead atoms. The molecule has 0 aromatic carbocycles. The summed E-state index contributed by atoms with van der Waals surface area (Å²) in [7, 11) is 0. The fourth-order valence-corrected chi connectivity index (χ4v) is 2.11. The van der Waals surface area contributed by atoms with Crippen molar-refractivity contribution in [3.05, 3.63) is 0 Å². The van der Waals surface area contributed by atoms with E-state index in [2.05, 4.69) is 19.2 Å². The minimum atomic E-state index is -0.265. The number of carbonyl (C=O) groups excluding carboxylic acids is 1. The molecule has 1 saturated carbocycles.